The lowest BCUT2D eigenvalue weighted by atomic mass is 9.83. The maximum Gasteiger partial charge on any atom is 0.237 e. The first kappa shape index (κ1) is 12.5. The van der Waals surface area contributed by atoms with Gasteiger partial charge < -0.3 is 10.5 Å². The van der Waals surface area contributed by atoms with Crippen molar-refractivity contribution in [1.29, 1.82) is 0 Å². The van der Waals surface area contributed by atoms with Crippen LogP contribution in [-0.4, -0.2) is 11.6 Å². The van der Waals surface area contributed by atoms with Gasteiger partial charge >= 0.3 is 0 Å². The van der Waals surface area contributed by atoms with Crippen LogP contribution in [0, 0.1) is 11.8 Å². The Balaban J connectivity index is 1.88. The van der Waals surface area contributed by atoms with Crippen molar-refractivity contribution in [3.8, 4) is 5.88 Å². The van der Waals surface area contributed by atoms with Crippen molar-refractivity contribution < 1.29 is 4.74 Å². The fourth-order valence-corrected chi connectivity index (χ4v) is 2.64. The maximum absolute atomic E-state index is 5.79. The lowest BCUT2D eigenvalue weighted by Crippen LogP contribution is -2.20. The van der Waals surface area contributed by atoms with Gasteiger partial charge in [0.2, 0.25) is 5.88 Å². The summed E-state index contributed by atoms with van der Waals surface area (Å²) < 4.78 is 5.68. The van der Waals surface area contributed by atoms with Gasteiger partial charge in [0.05, 0.1) is 17.3 Å². The van der Waals surface area contributed by atoms with Gasteiger partial charge in [-0.1, -0.05) is 31.4 Å². The van der Waals surface area contributed by atoms with Gasteiger partial charge in [0, 0.05) is 6.20 Å². The number of aromatic nitrogens is 1. The van der Waals surface area contributed by atoms with Gasteiger partial charge in [-0.15, -0.1) is 0 Å². The largest absolute Gasteiger partial charge is 0.476 e. The molecule has 0 spiro atoms. The van der Waals surface area contributed by atoms with Gasteiger partial charge in [-0.3, -0.25) is 0 Å². The van der Waals surface area contributed by atoms with Crippen LogP contribution in [0.25, 0.3) is 0 Å². The molecule has 1 saturated carbocycles. The van der Waals surface area contributed by atoms with E-state index >= 15 is 0 Å². The molecule has 3 nitrogen and oxygen atoms in total. The number of ether oxygens (including phenoxy) is 1. The van der Waals surface area contributed by atoms with Crippen LogP contribution < -0.4 is 10.5 Å². The normalized spacial score (nSPS) is 24.6. The minimum absolute atomic E-state index is 0.507. The van der Waals surface area contributed by atoms with Crippen LogP contribution in [0.3, 0.4) is 0 Å². The number of nitrogens with two attached hydrogens (primary N) is 1. The summed E-state index contributed by atoms with van der Waals surface area (Å²) >= 11 is 5.79. The van der Waals surface area contributed by atoms with E-state index in [1.165, 1.54) is 25.7 Å². The van der Waals surface area contributed by atoms with Gasteiger partial charge in [0.25, 0.3) is 0 Å². The van der Waals surface area contributed by atoms with E-state index in [0.717, 1.165) is 5.92 Å². The van der Waals surface area contributed by atoms with Crippen LogP contribution in [0.2, 0.25) is 5.02 Å². The van der Waals surface area contributed by atoms with E-state index in [1.807, 2.05) is 0 Å². The molecule has 1 aromatic rings. The minimum Gasteiger partial charge on any atom is -0.476 e. The molecule has 2 rings (SSSR count). The van der Waals surface area contributed by atoms with Gasteiger partial charge in [0.15, 0.2) is 0 Å². The fourth-order valence-electron chi connectivity index (χ4n) is 2.47. The molecule has 1 aliphatic rings. The topological polar surface area (TPSA) is 48.1 Å². The number of hydrogen-bond donors (Lipinski definition) is 1. The molecule has 2 unspecified atom stereocenters. The fraction of sp³-hybridized carbons (Fsp3) is 0.615. The summed E-state index contributed by atoms with van der Waals surface area (Å²) in [6.07, 6.45) is 6.71. The Morgan fingerprint density at radius 2 is 2.35 bits per heavy atom. The zero-order valence-corrected chi connectivity index (χ0v) is 10.9. The van der Waals surface area contributed by atoms with E-state index in [1.54, 1.807) is 12.3 Å². The Labute approximate surface area is 107 Å². The van der Waals surface area contributed by atoms with Crippen LogP contribution in [0.1, 0.15) is 32.6 Å². The third kappa shape index (κ3) is 3.50. The van der Waals surface area contributed by atoms with Crippen molar-refractivity contribution in [2.75, 3.05) is 12.3 Å². The quantitative estimate of drug-likeness (QED) is 0.898. The molecule has 17 heavy (non-hydrogen) atoms. The first-order valence-electron chi connectivity index (χ1n) is 6.19. The maximum atomic E-state index is 5.79. The lowest BCUT2D eigenvalue weighted by molar-refractivity contribution is 0.178. The third-order valence-electron chi connectivity index (χ3n) is 3.35. The van der Waals surface area contributed by atoms with E-state index in [4.69, 9.17) is 22.1 Å². The molecule has 2 atom stereocenters. The first-order chi connectivity index (χ1) is 8.15. The van der Waals surface area contributed by atoms with Crippen molar-refractivity contribution in [2.24, 2.45) is 11.8 Å². The molecule has 94 valence electrons. The van der Waals surface area contributed by atoms with E-state index in [2.05, 4.69) is 11.9 Å². The number of nitrogen functional groups attached to an aromatic ring is 1. The second-order valence-electron chi connectivity index (χ2n) is 5.00. The Morgan fingerprint density at radius 1 is 1.53 bits per heavy atom. The summed E-state index contributed by atoms with van der Waals surface area (Å²) in [6.45, 7) is 3.02. The number of anilines is 1. The second kappa shape index (κ2) is 5.58. The molecular formula is C13H19ClN2O. The van der Waals surface area contributed by atoms with Crippen LogP contribution >= 0.6 is 11.6 Å². The molecule has 0 saturated heterocycles. The van der Waals surface area contributed by atoms with Crippen LogP contribution in [-0.2, 0) is 0 Å². The Morgan fingerprint density at radius 3 is 3.06 bits per heavy atom. The van der Waals surface area contributed by atoms with Crippen LogP contribution in [0.5, 0.6) is 5.88 Å². The van der Waals surface area contributed by atoms with Crippen molar-refractivity contribution in [2.45, 2.75) is 32.6 Å². The third-order valence-corrected chi connectivity index (χ3v) is 3.55. The van der Waals surface area contributed by atoms with Gasteiger partial charge in [-0.25, -0.2) is 4.98 Å². The van der Waals surface area contributed by atoms with Gasteiger partial charge in [-0.2, -0.15) is 0 Å². The Hall–Kier alpha value is -0.960. The second-order valence-corrected chi connectivity index (χ2v) is 5.43. The summed E-state index contributed by atoms with van der Waals surface area (Å²) in [5.74, 6) is 1.95. The van der Waals surface area contributed by atoms with Gasteiger partial charge in [0.1, 0.15) is 0 Å². The SMILES string of the molecule is CC1CCCC(COc2ncc(Cl)cc2N)C1. The molecule has 1 aromatic heterocycles. The number of nitrogens with zero attached hydrogens (tertiary/aromatic N) is 1. The highest BCUT2D eigenvalue weighted by Crippen LogP contribution is 2.30. The zero-order chi connectivity index (χ0) is 12.3. The van der Waals surface area contributed by atoms with Crippen molar-refractivity contribution >= 4 is 17.3 Å². The molecule has 2 N–H and O–H groups in total. The predicted molar refractivity (Wildman–Crippen MR) is 70.3 cm³/mol. The molecular weight excluding hydrogens is 236 g/mol. The number of halogens is 1. The Kier molecular flexibility index (Phi) is 4.11. The lowest BCUT2D eigenvalue weighted by Gasteiger charge is -2.26. The van der Waals surface area contributed by atoms with E-state index in [0.29, 0.717) is 29.1 Å². The number of rotatable bonds is 3. The first-order valence-corrected chi connectivity index (χ1v) is 6.56. The van der Waals surface area contributed by atoms with Crippen molar-refractivity contribution in [3.05, 3.63) is 17.3 Å². The highest BCUT2D eigenvalue weighted by atomic mass is 35.5. The monoisotopic (exact) mass is 254 g/mol. The van der Waals surface area contributed by atoms with Crippen LogP contribution in [0.4, 0.5) is 5.69 Å². The molecule has 1 aliphatic carbocycles. The average molecular weight is 255 g/mol. The highest BCUT2D eigenvalue weighted by molar-refractivity contribution is 6.30. The van der Waals surface area contributed by atoms with E-state index in [-0.39, 0.29) is 0 Å². The number of pyridine rings is 1. The van der Waals surface area contributed by atoms with Gasteiger partial charge in [-0.05, 0) is 30.7 Å². The summed E-state index contributed by atoms with van der Waals surface area (Å²) in [4.78, 5) is 4.10. The average Bonchev–Trinajstić information content (AvgIpc) is 2.28. The summed E-state index contributed by atoms with van der Waals surface area (Å²) in [5, 5.41) is 0.543. The zero-order valence-electron chi connectivity index (χ0n) is 10.2. The van der Waals surface area contributed by atoms with Crippen molar-refractivity contribution in [3.63, 3.8) is 0 Å². The summed E-state index contributed by atoms with van der Waals surface area (Å²) in [6, 6.07) is 1.67. The standard InChI is InChI=1S/C13H19ClN2O/c1-9-3-2-4-10(5-9)8-17-13-12(15)6-11(14)7-16-13/h6-7,9-10H,2-5,8,15H2,1H3. The highest BCUT2D eigenvalue weighted by Gasteiger charge is 2.19. The Bertz CT molecular complexity index is 384. The molecule has 0 radical (unpaired) electrons. The number of hydrogen-bond acceptors (Lipinski definition) is 3. The van der Waals surface area contributed by atoms with E-state index in [9.17, 15) is 0 Å². The molecule has 0 bridgehead atoms. The molecule has 0 amide bonds. The van der Waals surface area contributed by atoms with Crippen molar-refractivity contribution in [1.82, 2.24) is 4.98 Å². The minimum atomic E-state index is 0.507. The smallest absolute Gasteiger partial charge is 0.237 e. The molecule has 4 heteroatoms. The molecule has 0 aliphatic heterocycles. The summed E-state index contributed by atoms with van der Waals surface area (Å²) in [5.41, 5.74) is 6.31. The van der Waals surface area contributed by atoms with Crippen LogP contribution in [0.15, 0.2) is 12.3 Å². The molecule has 1 fully saturated rings. The summed E-state index contributed by atoms with van der Waals surface area (Å²) in [7, 11) is 0. The molecule has 1 heterocycles. The predicted octanol–water partition coefficient (Wildman–Crippen LogP) is 3.52. The molecule has 0 aromatic carbocycles. The van der Waals surface area contributed by atoms with E-state index < -0.39 is 0 Å².